The molecule has 0 fully saturated rings. The quantitative estimate of drug-likeness (QED) is 0.0156. The molecular formula is C54H61F3N4O12. The molecule has 19 heteroatoms. The van der Waals surface area contributed by atoms with Gasteiger partial charge < -0.3 is 39.4 Å². The number of aryl methyl sites for hydroxylation is 1. The highest BCUT2D eigenvalue weighted by molar-refractivity contribution is 5.93. The topological polar surface area (TPSA) is 209 Å². The third-order valence-electron chi connectivity index (χ3n) is 11.3. The number of nitrogens with one attached hydrogen (secondary N) is 3. The van der Waals surface area contributed by atoms with Crippen LogP contribution in [0.5, 0.6) is 5.75 Å². The van der Waals surface area contributed by atoms with E-state index in [-0.39, 0.29) is 56.0 Å². The van der Waals surface area contributed by atoms with Gasteiger partial charge in [-0.2, -0.15) is 18.2 Å². The summed E-state index contributed by atoms with van der Waals surface area (Å²) in [6.45, 7) is 7.20. The maximum Gasteiger partial charge on any atom is 0.416 e. The van der Waals surface area contributed by atoms with Crippen LogP contribution in [-0.2, 0) is 52.9 Å². The smallest absolute Gasteiger partial charge is 0.416 e. The number of benzene rings is 4. The lowest BCUT2D eigenvalue weighted by molar-refractivity contribution is -0.171. The van der Waals surface area contributed by atoms with Gasteiger partial charge in [0.25, 0.3) is 5.91 Å². The van der Waals surface area contributed by atoms with Crippen molar-refractivity contribution in [1.82, 2.24) is 21.0 Å². The Balaban J connectivity index is 0.000000401. The number of hydrogen-bond donors (Lipinski definition) is 3. The van der Waals surface area contributed by atoms with Crippen molar-refractivity contribution in [1.29, 1.82) is 0 Å². The molecule has 0 aliphatic carbocycles. The molecule has 73 heavy (non-hydrogen) atoms. The average Bonchev–Trinajstić information content (AvgIpc) is 3.89. The van der Waals surface area contributed by atoms with Crippen molar-refractivity contribution in [3.8, 4) is 17.1 Å². The van der Waals surface area contributed by atoms with Crippen molar-refractivity contribution in [2.45, 2.75) is 97.7 Å². The van der Waals surface area contributed by atoms with E-state index in [1.165, 1.54) is 13.0 Å². The number of alkyl halides is 3. The summed E-state index contributed by atoms with van der Waals surface area (Å²) in [5.41, 5.74) is 1.64. The van der Waals surface area contributed by atoms with Crippen molar-refractivity contribution in [3.63, 3.8) is 0 Å². The second kappa shape index (κ2) is 29.5. The maximum absolute atomic E-state index is 13.4. The van der Waals surface area contributed by atoms with E-state index in [1.807, 2.05) is 67.6 Å². The number of halogens is 3. The highest BCUT2D eigenvalue weighted by atomic mass is 19.4. The van der Waals surface area contributed by atoms with Gasteiger partial charge in [-0.15, -0.1) is 0 Å². The van der Waals surface area contributed by atoms with Gasteiger partial charge in [-0.1, -0.05) is 99.8 Å². The fraction of sp³-hybridized carbons (Fsp3) is 0.352. The molecule has 0 radical (unpaired) electrons. The maximum atomic E-state index is 13.4. The largest absolute Gasteiger partial charge is 0.493 e. The van der Waals surface area contributed by atoms with Gasteiger partial charge in [-0.05, 0) is 92.9 Å². The first-order chi connectivity index (χ1) is 35.1. The summed E-state index contributed by atoms with van der Waals surface area (Å²) >= 11 is 0. The van der Waals surface area contributed by atoms with Gasteiger partial charge >= 0.3 is 24.1 Å². The second-order valence-electron chi connectivity index (χ2n) is 16.4. The number of hydrogen-bond acceptors (Lipinski definition) is 13. The molecule has 0 spiro atoms. The Morgan fingerprint density at radius 3 is 2.04 bits per heavy atom. The number of furan rings is 1. The lowest BCUT2D eigenvalue weighted by Gasteiger charge is -2.32. The van der Waals surface area contributed by atoms with Crippen LogP contribution >= 0.6 is 0 Å². The van der Waals surface area contributed by atoms with E-state index in [9.17, 15) is 46.7 Å². The second-order valence-corrected chi connectivity index (χ2v) is 16.4. The number of hydroxylamine groups is 2. The first-order valence-corrected chi connectivity index (χ1v) is 23.7. The lowest BCUT2D eigenvalue weighted by Crippen LogP contribution is -2.49. The van der Waals surface area contributed by atoms with Crippen LogP contribution in [-0.4, -0.2) is 79.9 Å². The zero-order valence-electron chi connectivity index (χ0n) is 41.3. The molecule has 0 saturated carbocycles. The Morgan fingerprint density at radius 2 is 1.47 bits per heavy atom. The number of amides is 3. The number of aldehydes is 1. The van der Waals surface area contributed by atoms with Crippen LogP contribution < -0.4 is 20.7 Å². The fourth-order valence-corrected chi connectivity index (χ4v) is 7.34. The molecule has 3 atom stereocenters. The number of ether oxygens (including phenoxy) is 3. The van der Waals surface area contributed by atoms with Crippen LogP contribution in [0.3, 0.4) is 0 Å². The highest BCUT2D eigenvalue weighted by Crippen LogP contribution is 2.32. The molecule has 0 bridgehead atoms. The minimum absolute atomic E-state index is 0.00134. The van der Waals surface area contributed by atoms with E-state index in [4.69, 9.17) is 23.5 Å². The number of nitrogens with zero attached hydrogens (tertiary/aromatic N) is 1. The lowest BCUT2D eigenvalue weighted by atomic mass is 9.90. The van der Waals surface area contributed by atoms with Gasteiger partial charge in [0.1, 0.15) is 30.8 Å². The van der Waals surface area contributed by atoms with Gasteiger partial charge in [0.2, 0.25) is 12.3 Å². The first kappa shape index (κ1) is 57.8. The summed E-state index contributed by atoms with van der Waals surface area (Å²) in [5, 5.41) is 8.71. The SMILES string of the molecule is CCCCCC(C(=O)NCNC(=O)c1ccc(-c2ccc(C=O)c(OCC)c2)o1)C(CC)N(C=O)OC(=O)c1ccc(C(F)(F)F)cc1C.CNC(CC(=O)OCc1ccccc1)C(=O)OCc1ccccc1. The van der Waals surface area contributed by atoms with Gasteiger partial charge in [0, 0.05) is 5.56 Å². The summed E-state index contributed by atoms with van der Waals surface area (Å²) in [4.78, 5) is 91.9. The Labute approximate surface area is 421 Å². The van der Waals surface area contributed by atoms with Crippen molar-refractivity contribution in [2.75, 3.05) is 20.3 Å². The molecule has 5 rings (SSSR count). The molecule has 3 amide bonds. The molecule has 0 saturated heterocycles. The zero-order valence-corrected chi connectivity index (χ0v) is 41.3. The van der Waals surface area contributed by atoms with Gasteiger partial charge in [-0.3, -0.25) is 28.8 Å². The molecule has 16 nitrogen and oxygen atoms in total. The minimum Gasteiger partial charge on any atom is -0.493 e. The number of rotatable bonds is 26. The van der Waals surface area contributed by atoms with Crippen LogP contribution in [0.4, 0.5) is 13.2 Å². The minimum atomic E-state index is -4.60. The third-order valence-corrected chi connectivity index (χ3v) is 11.3. The molecule has 0 aliphatic rings. The van der Waals surface area contributed by atoms with E-state index >= 15 is 0 Å². The zero-order chi connectivity index (χ0) is 53.3. The van der Waals surface area contributed by atoms with E-state index in [1.54, 1.807) is 45.2 Å². The summed E-state index contributed by atoms with van der Waals surface area (Å²) in [7, 11) is 1.61. The van der Waals surface area contributed by atoms with Gasteiger partial charge in [0.15, 0.2) is 12.0 Å². The summed E-state index contributed by atoms with van der Waals surface area (Å²) < 4.78 is 60.9. The van der Waals surface area contributed by atoms with Gasteiger partial charge in [-0.25, -0.2) is 4.79 Å². The Bertz CT molecular complexity index is 2590. The molecule has 3 unspecified atom stereocenters. The van der Waals surface area contributed by atoms with Crippen LogP contribution in [0.1, 0.15) is 113 Å². The molecule has 1 heterocycles. The van der Waals surface area contributed by atoms with Crippen LogP contribution in [0.15, 0.2) is 114 Å². The summed E-state index contributed by atoms with van der Waals surface area (Å²) in [6.07, 6.45) is -0.979. The van der Waals surface area contributed by atoms with Crippen molar-refractivity contribution < 1.29 is 70.2 Å². The van der Waals surface area contributed by atoms with E-state index in [2.05, 4.69) is 16.0 Å². The van der Waals surface area contributed by atoms with Crippen LogP contribution in [0.2, 0.25) is 0 Å². The van der Waals surface area contributed by atoms with Crippen LogP contribution in [0.25, 0.3) is 11.3 Å². The first-order valence-electron chi connectivity index (χ1n) is 23.7. The Morgan fingerprint density at radius 1 is 0.795 bits per heavy atom. The highest BCUT2D eigenvalue weighted by Gasteiger charge is 2.35. The number of carbonyl (C=O) groups excluding carboxylic acids is 7. The monoisotopic (exact) mass is 1010 g/mol. The third kappa shape index (κ3) is 18.1. The summed E-state index contributed by atoms with van der Waals surface area (Å²) in [6, 6.07) is 27.6. The Hall–Kier alpha value is -7.80. The number of carbonyl (C=O) groups is 7. The van der Waals surface area contributed by atoms with Crippen molar-refractivity contribution >= 4 is 42.4 Å². The normalized spacial score (nSPS) is 12.1. The van der Waals surface area contributed by atoms with E-state index < -0.39 is 59.5 Å². The molecule has 390 valence electrons. The molecule has 3 N–H and O–H groups in total. The fourth-order valence-electron chi connectivity index (χ4n) is 7.34. The molecule has 5 aromatic rings. The van der Waals surface area contributed by atoms with E-state index in [0.717, 1.165) is 47.2 Å². The Kier molecular flexibility index (Phi) is 23.4. The van der Waals surface area contributed by atoms with Crippen molar-refractivity contribution in [2.24, 2.45) is 5.92 Å². The molecule has 0 aliphatic heterocycles. The van der Waals surface area contributed by atoms with E-state index in [0.29, 0.717) is 48.4 Å². The number of esters is 2. The molecule has 1 aromatic heterocycles. The average molecular weight is 1020 g/mol. The molecule has 4 aromatic carbocycles. The predicted octanol–water partition coefficient (Wildman–Crippen LogP) is 8.95. The van der Waals surface area contributed by atoms with Crippen molar-refractivity contribution in [3.05, 3.63) is 148 Å². The number of likely N-dealkylation sites (N-methyl/N-ethyl adjacent to an activating group) is 1. The standard InChI is InChI=1S/C35H40F3N3O8.C19H21NO4/c1-5-8-9-10-27(28(6-2)41(21-43)49-34(46)26-14-13-25(17-22(26)4)35(36,37)38)32(44)39-20-40-33(45)30-16-15-29(48-30)23-11-12-24(19-42)31(18-23)47-7-3;1-20-17(19(22)24-14-16-10-6-3-7-11-16)12-18(21)23-13-15-8-4-2-5-9-15/h11-19,21,27-28H,5-10,20H2,1-4H3,(H,39,44)(H,40,45);2-11,17,20H,12-14H2,1H3. The number of unbranched alkanes of at least 4 members (excludes halogenated alkanes) is 2. The summed E-state index contributed by atoms with van der Waals surface area (Å²) in [5.74, 6) is -3.28. The molecular weight excluding hydrogens is 954 g/mol. The predicted molar refractivity (Wildman–Crippen MR) is 262 cm³/mol. The van der Waals surface area contributed by atoms with Gasteiger partial charge in [0.05, 0.1) is 48.3 Å². The van der Waals surface area contributed by atoms with Crippen LogP contribution in [0, 0.1) is 12.8 Å².